The third-order valence-electron chi connectivity index (χ3n) is 2.36. The molecule has 76 valence electrons. The van der Waals surface area contributed by atoms with Crippen molar-refractivity contribution in [2.45, 2.75) is 18.9 Å². The first-order valence-electron chi connectivity index (χ1n) is 4.66. The minimum absolute atomic E-state index is 0.00257. The first-order chi connectivity index (χ1) is 6.75. The van der Waals surface area contributed by atoms with E-state index < -0.39 is 0 Å². The maximum Gasteiger partial charge on any atom is 0.224 e. The van der Waals surface area contributed by atoms with E-state index in [1.807, 2.05) is 0 Å². The van der Waals surface area contributed by atoms with Crippen molar-refractivity contribution in [2.24, 2.45) is 5.73 Å². The van der Waals surface area contributed by atoms with Crippen molar-refractivity contribution in [3.63, 3.8) is 0 Å². The average Bonchev–Trinajstić information content (AvgIpc) is 2.72. The number of oxazole rings is 1. The molecule has 1 fully saturated rings. The van der Waals surface area contributed by atoms with E-state index >= 15 is 0 Å². The smallest absolute Gasteiger partial charge is 0.224 e. The summed E-state index contributed by atoms with van der Waals surface area (Å²) in [5, 5.41) is 0. The van der Waals surface area contributed by atoms with Crippen LogP contribution in [0.1, 0.15) is 12.2 Å². The van der Waals surface area contributed by atoms with E-state index in [1.165, 1.54) is 6.39 Å². The van der Waals surface area contributed by atoms with E-state index in [9.17, 15) is 4.79 Å². The maximum atomic E-state index is 11.3. The number of carbonyl (C=O) groups is 1. The van der Waals surface area contributed by atoms with Gasteiger partial charge in [0.25, 0.3) is 0 Å². The molecule has 1 aliphatic rings. The van der Waals surface area contributed by atoms with Gasteiger partial charge in [-0.05, 0) is 0 Å². The molecule has 1 aromatic rings. The number of aromatic nitrogens is 1. The molecule has 1 unspecified atom stereocenters. The minimum atomic E-state index is -0.00257. The van der Waals surface area contributed by atoms with E-state index in [-0.39, 0.29) is 11.9 Å². The van der Waals surface area contributed by atoms with Crippen LogP contribution in [0.5, 0.6) is 0 Å². The summed E-state index contributed by atoms with van der Waals surface area (Å²) in [5.74, 6) is 0.940. The number of hydrogen-bond donors (Lipinski definition) is 1. The van der Waals surface area contributed by atoms with Crippen LogP contribution < -0.4 is 5.73 Å². The molecule has 1 aromatic heterocycles. The molecule has 1 aliphatic heterocycles. The molecule has 5 nitrogen and oxygen atoms in total. The molecule has 1 amide bonds. The van der Waals surface area contributed by atoms with Crippen LogP contribution in [0.3, 0.4) is 0 Å². The normalized spacial score (nSPS) is 21.9. The molecular weight excluding hydrogens is 182 g/mol. The summed E-state index contributed by atoms with van der Waals surface area (Å²) in [4.78, 5) is 16.9. The highest BCUT2D eigenvalue weighted by atomic mass is 16.3. The number of rotatable bonds is 3. The molecule has 0 aliphatic carbocycles. The van der Waals surface area contributed by atoms with Crippen LogP contribution in [0.4, 0.5) is 0 Å². The van der Waals surface area contributed by atoms with Gasteiger partial charge in [-0.25, -0.2) is 4.98 Å². The summed E-state index contributed by atoms with van der Waals surface area (Å²) in [6, 6.07) is -0.00257. The Bertz CT molecular complexity index is 310. The van der Waals surface area contributed by atoms with Crippen LogP contribution in [0.2, 0.25) is 0 Å². The number of nitrogens with zero attached hydrogens (tertiary/aromatic N) is 2. The second-order valence-corrected chi connectivity index (χ2v) is 3.52. The van der Waals surface area contributed by atoms with Crippen molar-refractivity contribution in [2.75, 3.05) is 13.1 Å². The lowest BCUT2D eigenvalue weighted by Crippen LogP contribution is -2.30. The Balaban J connectivity index is 1.84. The minimum Gasteiger partial charge on any atom is -0.448 e. The second kappa shape index (κ2) is 3.79. The third kappa shape index (κ3) is 1.93. The zero-order chi connectivity index (χ0) is 9.97. The van der Waals surface area contributed by atoms with Gasteiger partial charge in [-0.1, -0.05) is 0 Å². The van der Waals surface area contributed by atoms with Crippen LogP contribution in [0.15, 0.2) is 17.0 Å². The lowest BCUT2D eigenvalue weighted by molar-refractivity contribution is -0.127. The lowest BCUT2D eigenvalue weighted by Gasteiger charge is -2.14. The van der Waals surface area contributed by atoms with Gasteiger partial charge in [-0.15, -0.1) is 0 Å². The van der Waals surface area contributed by atoms with E-state index in [0.29, 0.717) is 25.9 Å². The zero-order valence-corrected chi connectivity index (χ0v) is 7.85. The number of amides is 1. The van der Waals surface area contributed by atoms with Crippen molar-refractivity contribution >= 4 is 5.91 Å². The quantitative estimate of drug-likeness (QED) is 0.723. The van der Waals surface area contributed by atoms with Crippen LogP contribution in [-0.2, 0) is 11.2 Å². The van der Waals surface area contributed by atoms with Gasteiger partial charge in [0.15, 0.2) is 6.39 Å². The third-order valence-corrected chi connectivity index (χ3v) is 2.36. The standard InChI is InChI=1S/C9H13N3O2/c10-7-3-9(13)12(5-7)2-1-8-4-11-6-14-8/h4,6-7H,1-3,5,10H2. The predicted octanol–water partition coefficient (Wildman–Crippen LogP) is -0.223. The number of likely N-dealkylation sites (tertiary alicyclic amines) is 1. The number of hydrogen-bond acceptors (Lipinski definition) is 4. The molecule has 1 saturated heterocycles. The van der Waals surface area contributed by atoms with Gasteiger partial charge in [-0.2, -0.15) is 0 Å². The van der Waals surface area contributed by atoms with E-state index in [0.717, 1.165) is 5.76 Å². The van der Waals surface area contributed by atoms with Crippen LogP contribution in [-0.4, -0.2) is 34.9 Å². The predicted molar refractivity (Wildman–Crippen MR) is 49.4 cm³/mol. The summed E-state index contributed by atoms with van der Waals surface area (Å²) >= 11 is 0. The van der Waals surface area contributed by atoms with Gasteiger partial charge >= 0.3 is 0 Å². The van der Waals surface area contributed by atoms with Crippen molar-refractivity contribution in [1.82, 2.24) is 9.88 Å². The first kappa shape index (κ1) is 9.21. The highest BCUT2D eigenvalue weighted by Crippen LogP contribution is 2.10. The Morgan fingerprint density at radius 1 is 1.71 bits per heavy atom. The summed E-state index contributed by atoms with van der Waals surface area (Å²) in [6.07, 6.45) is 4.24. The molecular formula is C9H13N3O2. The second-order valence-electron chi connectivity index (χ2n) is 3.52. The Labute approximate surface area is 81.9 Å². The summed E-state index contributed by atoms with van der Waals surface area (Å²) in [5.41, 5.74) is 5.67. The molecule has 0 spiro atoms. The largest absolute Gasteiger partial charge is 0.448 e. The molecule has 0 bridgehead atoms. The molecule has 2 heterocycles. The van der Waals surface area contributed by atoms with Gasteiger partial charge < -0.3 is 15.1 Å². The number of nitrogens with two attached hydrogens (primary N) is 1. The Hall–Kier alpha value is -1.36. The fourth-order valence-corrected chi connectivity index (χ4v) is 1.63. The van der Waals surface area contributed by atoms with E-state index in [2.05, 4.69) is 4.98 Å². The highest BCUT2D eigenvalue weighted by molar-refractivity contribution is 5.79. The zero-order valence-electron chi connectivity index (χ0n) is 7.85. The van der Waals surface area contributed by atoms with Gasteiger partial charge in [-0.3, -0.25) is 4.79 Å². The van der Waals surface area contributed by atoms with Crippen LogP contribution >= 0.6 is 0 Å². The van der Waals surface area contributed by atoms with E-state index in [1.54, 1.807) is 11.1 Å². The molecule has 0 aromatic carbocycles. The van der Waals surface area contributed by atoms with Gasteiger partial charge in [0, 0.05) is 32.0 Å². The summed E-state index contributed by atoms with van der Waals surface area (Å²) in [6.45, 7) is 1.33. The molecule has 0 saturated carbocycles. The van der Waals surface area contributed by atoms with Crippen LogP contribution in [0.25, 0.3) is 0 Å². The van der Waals surface area contributed by atoms with Gasteiger partial charge in [0.2, 0.25) is 5.91 Å². The molecule has 14 heavy (non-hydrogen) atoms. The molecule has 5 heteroatoms. The molecule has 2 rings (SSSR count). The monoisotopic (exact) mass is 195 g/mol. The molecule has 0 radical (unpaired) electrons. The summed E-state index contributed by atoms with van der Waals surface area (Å²) in [7, 11) is 0. The Morgan fingerprint density at radius 2 is 2.57 bits per heavy atom. The fraction of sp³-hybridized carbons (Fsp3) is 0.556. The molecule has 2 N–H and O–H groups in total. The van der Waals surface area contributed by atoms with Crippen molar-refractivity contribution in [3.05, 3.63) is 18.4 Å². The Morgan fingerprint density at radius 3 is 3.14 bits per heavy atom. The highest BCUT2D eigenvalue weighted by Gasteiger charge is 2.26. The fourth-order valence-electron chi connectivity index (χ4n) is 1.63. The van der Waals surface area contributed by atoms with Crippen molar-refractivity contribution in [1.29, 1.82) is 0 Å². The average molecular weight is 195 g/mol. The van der Waals surface area contributed by atoms with Crippen LogP contribution in [0, 0.1) is 0 Å². The van der Waals surface area contributed by atoms with Crippen molar-refractivity contribution < 1.29 is 9.21 Å². The van der Waals surface area contributed by atoms with Gasteiger partial charge in [0.05, 0.1) is 6.20 Å². The maximum absolute atomic E-state index is 11.3. The number of carbonyl (C=O) groups excluding carboxylic acids is 1. The van der Waals surface area contributed by atoms with E-state index in [4.69, 9.17) is 10.2 Å². The topological polar surface area (TPSA) is 72.4 Å². The Kier molecular flexibility index (Phi) is 2.49. The van der Waals surface area contributed by atoms with Gasteiger partial charge in [0.1, 0.15) is 5.76 Å². The summed E-state index contributed by atoms with van der Waals surface area (Å²) < 4.78 is 5.08. The van der Waals surface area contributed by atoms with Crippen molar-refractivity contribution in [3.8, 4) is 0 Å². The first-order valence-corrected chi connectivity index (χ1v) is 4.66. The lowest BCUT2D eigenvalue weighted by atomic mass is 10.3. The molecule has 1 atom stereocenters. The SMILES string of the molecule is NC1CC(=O)N(CCc2cnco2)C1.